The molecular weight excluding hydrogens is 326 g/mol. The lowest BCUT2D eigenvalue weighted by molar-refractivity contribution is -0.0188. The summed E-state index contributed by atoms with van der Waals surface area (Å²) in [5, 5.41) is 6.08. The molecule has 2 N–H and O–H groups in total. The average molecular weight is 351 g/mol. The number of nitrogens with zero attached hydrogens (tertiary/aromatic N) is 1. The van der Waals surface area contributed by atoms with Crippen molar-refractivity contribution in [2.75, 3.05) is 25.5 Å². The van der Waals surface area contributed by atoms with Crippen LogP contribution in [0.1, 0.15) is 30.9 Å². The molecule has 5 nitrogen and oxygen atoms in total. The maximum atomic E-state index is 12.5. The van der Waals surface area contributed by atoms with Crippen LogP contribution in [0.5, 0.6) is 5.75 Å². The number of likely N-dealkylation sites (tertiary alicyclic amines) is 1. The van der Waals surface area contributed by atoms with Crippen LogP contribution in [0.15, 0.2) is 54.6 Å². The molecule has 0 aliphatic carbocycles. The molecule has 26 heavy (non-hydrogen) atoms. The summed E-state index contributed by atoms with van der Waals surface area (Å²) in [6, 6.07) is 17.3. The molecule has 0 unspecified atom stereocenters. The van der Waals surface area contributed by atoms with Gasteiger partial charge in [-0.2, -0.15) is 0 Å². The summed E-state index contributed by atoms with van der Waals surface area (Å²) in [4.78, 5) is 14.9. The van der Waals surface area contributed by atoms with E-state index in [1.54, 1.807) is 0 Å². The van der Waals surface area contributed by atoms with Gasteiger partial charge in [0.05, 0.1) is 6.04 Å². The number of benzene rings is 2. The van der Waals surface area contributed by atoms with Crippen molar-refractivity contribution in [1.82, 2.24) is 10.2 Å². The molecule has 0 saturated carbocycles. The largest absolute Gasteiger partial charge is 0.487 e. The third kappa shape index (κ3) is 3.53. The number of ether oxygens (including phenoxy) is 1. The fourth-order valence-electron chi connectivity index (χ4n) is 3.93. The first-order valence-electron chi connectivity index (χ1n) is 9.23. The molecule has 2 aromatic rings. The van der Waals surface area contributed by atoms with Gasteiger partial charge >= 0.3 is 6.03 Å². The predicted octanol–water partition coefficient (Wildman–Crippen LogP) is 3.80. The van der Waals surface area contributed by atoms with Gasteiger partial charge in [0, 0.05) is 30.8 Å². The number of urea groups is 1. The van der Waals surface area contributed by atoms with Gasteiger partial charge < -0.3 is 20.3 Å². The van der Waals surface area contributed by atoms with Crippen molar-refractivity contribution in [3.63, 3.8) is 0 Å². The van der Waals surface area contributed by atoms with E-state index >= 15 is 0 Å². The van der Waals surface area contributed by atoms with Crippen LogP contribution < -0.4 is 15.4 Å². The highest BCUT2D eigenvalue weighted by Crippen LogP contribution is 2.44. The fourth-order valence-corrected chi connectivity index (χ4v) is 3.93. The minimum Gasteiger partial charge on any atom is -0.487 e. The first kappa shape index (κ1) is 16.9. The molecule has 2 amide bonds. The monoisotopic (exact) mass is 351 g/mol. The standard InChI is InChI=1S/C21H25N3O2/c1-24-13-11-21(12-14-24)15-18(17-9-5-6-10-19(17)26-21)23-20(25)22-16-7-3-2-4-8-16/h2-10,18H,11-15H2,1H3,(H2,22,23,25)/t18-/m0/s1. The van der Waals surface area contributed by atoms with Crippen LogP contribution in [0, 0.1) is 0 Å². The Morgan fingerprint density at radius 2 is 1.77 bits per heavy atom. The van der Waals surface area contributed by atoms with E-state index in [0.717, 1.165) is 49.4 Å². The Labute approximate surface area is 154 Å². The van der Waals surface area contributed by atoms with Gasteiger partial charge in [-0.05, 0) is 38.1 Å². The van der Waals surface area contributed by atoms with E-state index in [0.29, 0.717) is 0 Å². The summed E-state index contributed by atoms with van der Waals surface area (Å²) in [6.45, 7) is 2.04. The van der Waals surface area contributed by atoms with Crippen molar-refractivity contribution in [2.45, 2.75) is 30.9 Å². The zero-order valence-electron chi connectivity index (χ0n) is 15.1. The van der Waals surface area contributed by atoms with Crippen LogP contribution in [0.25, 0.3) is 0 Å². The van der Waals surface area contributed by atoms with Crippen molar-refractivity contribution < 1.29 is 9.53 Å². The van der Waals surface area contributed by atoms with Crippen molar-refractivity contribution in [3.05, 3.63) is 60.2 Å². The van der Waals surface area contributed by atoms with Crippen LogP contribution in [0.3, 0.4) is 0 Å². The Morgan fingerprint density at radius 1 is 1.08 bits per heavy atom. The first-order chi connectivity index (χ1) is 12.6. The van der Waals surface area contributed by atoms with Crippen LogP contribution in [-0.2, 0) is 0 Å². The summed E-state index contributed by atoms with van der Waals surface area (Å²) in [5.74, 6) is 0.897. The molecule has 1 spiro atoms. The van der Waals surface area contributed by atoms with Gasteiger partial charge in [0.1, 0.15) is 11.4 Å². The summed E-state index contributed by atoms with van der Waals surface area (Å²) in [6.07, 6.45) is 2.77. The van der Waals surface area contributed by atoms with Gasteiger partial charge in [-0.25, -0.2) is 4.79 Å². The summed E-state index contributed by atoms with van der Waals surface area (Å²) in [7, 11) is 2.15. The van der Waals surface area contributed by atoms with Crippen LogP contribution in [0.2, 0.25) is 0 Å². The Hall–Kier alpha value is -2.53. The third-order valence-electron chi connectivity index (χ3n) is 5.43. The highest BCUT2D eigenvalue weighted by Gasteiger charge is 2.43. The van der Waals surface area contributed by atoms with E-state index < -0.39 is 0 Å². The molecule has 0 radical (unpaired) electrons. The smallest absolute Gasteiger partial charge is 0.319 e. The summed E-state index contributed by atoms with van der Waals surface area (Å²) in [5.41, 5.74) is 1.66. The Balaban J connectivity index is 1.53. The number of piperidine rings is 1. The Morgan fingerprint density at radius 3 is 2.54 bits per heavy atom. The molecule has 0 aromatic heterocycles. The SMILES string of the molecule is CN1CCC2(CC1)C[C@H](NC(=O)Nc1ccccc1)c1ccccc1O2. The van der Waals surface area contributed by atoms with Gasteiger partial charge in [-0.3, -0.25) is 0 Å². The van der Waals surface area contributed by atoms with Crippen LogP contribution in [-0.4, -0.2) is 36.7 Å². The second-order valence-electron chi connectivity index (χ2n) is 7.35. The van der Waals surface area contributed by atoms with Gasteiger partial charge in [-0.1, -0.05) is 36.4 Å². The second-order valence-corrected chi connectivity index (χ2v) is 7.35. The van der Waals surface area contributed by atoms with Gasteiger partial charge in [0.2, 0.25) is 0 Å². The third-order valence-corrected chi connectivity index (χ3v) is 5.43. The van der Waals surface area contributed by atoms with Crippen molar-refractivity contribution >= 4 is 11.7 Å². The fraction of sp³-hybridized carbons (Fsp3) is 0.381. The maximum Gasteiger partial charge on any atom is 0.319 e. The quantitative estimate of drug-likeness (QED) is 0.865. The Bertz CT molecular complexity index is 770. The summed E-state index contributed by atoms with van der Waals surface area (Å²) < 4.78 is 6.44. The molecule has 2 heterocycles. The molecule has 5 heteroatoms. The number of amides is 2. The number of fused-ring (bicyclic) bond motifs is 1. The number of carbonyl (C=O) groups excluding carboxylic acids is 1. The number of rotatable bonds is 2. The molecule has 0 bridgehead atoms. The average Bonchev–Trinajstić information content (AvgIpc) is 2.65. The molecule has 1 saturated heterocycles. The molecule has 136 valence electrons. The van der Waals surface area contributed by atoms with E-state index in [-0.39, 0.29) is 17.7 Å². The topological polar surface area (TPSA) is 53.6 Å². The number of carbonyl (C=O) groups is 1. The van der Waals surface area contributed by atoms with Gasteiger partial charge in [-0.15, -0.1) is 0 Å². The second kappa shape index (κ2) is 7.00. The number of anilines is 1. The van der Waals surface area contributed by atoms with Crippen LogP contribution >= 0.6 is 0 Å². The van der Waals surface area contributed by atoms with Gasteiger partial charge in [0.15, 0.2) is 0 Å². The van der Waals surface area contributed by atoms with Crippen molar-refractivity contribution in [3.8, 4) is 5.75 Å². The molecule has 1 fully saturated rings. The van der Waals surface area contributed by atoms with E-state index in [9.17, 15) is 4.79 Å². The zero-order chi connectivity index (χ0) is 18.0. The zero-order valence-corrected chi connectivity index (χ0v) is 15.1. The number of hydrogen-bond acceptors (Lipinski definition) is 3. The molecular formula is C21H25N3O2. The number of hydrogen-bond donors (Lipinski definition) is 2. The van der Waals surface area contributed by atoms with Gasteiger partial charge in [0.25, 0.3) is 0 Å². The van der Waals surface area contributed by atoms with E-state index in [1.807, 2.05) is 54.6 Å². The normalized spacial score (nSPS) is 21.5. The predicted molar refractivity (Wildman–Crippen MR) is 102 cm³/mol. The van der Waals surface area contributed by atoms with E-state index in [4.69, 9.17) is 4.74 Å². The molecule has 2 aliphatic heterocycles. The van der Waals surface area contributed by atoms with E-state index in [1.165, 1.54) is 0 Å². The van der Waals surface area contributed by atoms with Crippen molar-refractivity contribution in [1.29, 1.82) is 0 Å². The molecule has 2 aromatic carbocycles. The van der Waals surface area contributed by atoms with Crippen LogP contribution in [0.4, 0.5) is 10.5 Å². The maximum absolute atomic E-state index is 12.5. The minimum absolute atomic E-state index is 0.0490. The molecule has 2 aliphatic rings. The number of nitrogens with one attached hydrogen (secondary N) is 2. The van der Waals surface area contributed by atoms with Crippen molar-refractivity contribution in [2.24, 2.45) is 0 Å². The molecule has 4 rings (SSSR count). The first-order valence-corrected chi connectivity index (χ1v) is 9.23. The lowest BCUT2D eigenvalue weighted by Crippen LogP contribution is -2.51. The lowest BCUT2D eigenvalue weighted by Gasteiger charge is -2.46. The molecule has 1 atom stereocenters. The highest BCUT2D eigenvalue weighted by molar-refractivity contribution is 5.89. The highest BCUT2D eigenvalue weighted by atomic mass is 16.5. The summed E-state index contributed by atoms with van der Waals surface area (Å²) >= 11 is 0. The lowest BCUT2D eigenvalue weighted by atomic mass is 9.80. The van der Waals surface area contributed by atoms with E-state index in [2.05, 4.69) is 22.6 Å². The minimum atomic E-state index is -0.189. The number of para-hydroxylation sites is 2. The Kier molecular flexibility index (Phi) is 4.55.